The van der Waals surface area contributed by atoms with E-state index >= 15 is 0 Å². The zero-order valence-corrected chi connectivity index (χ0v) is 22.0. The highest BCUT2D eigenvalue weighted by Crippen LogP contribution is 2.30. The van der Waals surface area contributed by atoms with E-state index in [9.17, 15) is 18.0 Å². The van der Waals surface area contributed by atoms with Gasteiger partial charge in [0.25, 0.3) is 5.91 Å². The summed E-state index contributed by atoms with van der Waals surface area (Å²) < 4.78 is 46.0. The van der Waals surface area contributed by atoms with Gasteiger partial charge >= 0.3 is 6.18 Å². The van der Waals surface area contributed by atoms with Crippen LogP contribution in [0.1, 0.15) is 32.5 Å². The molecule has 1 atom stereocenters. The molecule has 1 amide bonds. The molecule has 4 nitrogen and oxygen atoms in total. The Kier molecular flexibility index (Phi) is 8.04. The molecule has 198 valence electrons. The molecule has 1 aliphatic heterocycles. The highest BCUT2D eigenvalue weighted by Gasteiger charge is 2.30. The van der Waals surface area contributed by atoms with E-state index in [1.54, 1.807) is 12.1 Å². The van der Waals surface area contributed by atoms with Crippen LogP contribution in [0, 0.1) is 0 Å². The van der Waals surface area contributed by atoms with Crippen molar-refractivity contribution in [2.75, 3.05) is 32.7 Å². The normalized spacial score (nSPS) is 15.6. The summed E-state index contributed by atoms with van der Waals surface area (Å²) in [5.41, 5.74) is 0.916. The maximum absolute atomic E-state index is 13.1. The Hall–Kier alpha value is -2.91. The van der Waals surface area contributed by atoms with Crippen LogP contribution in [0.3, 0.4) is 0 Å². The summed E-state index contributed by atoms with van der Waals surface area (Å²) in [7, 11) is 0. The number of rotatable bonds is 7. The van der Waals surface area contributed by atoms with E-state index < -0.39 is 11.7 Å². The van der Waals surface area contributed by atoms with Gasteiger partial charge in [-0.1, -0.05) is 54.1 Å². The molecule has 38 heavy (non-hydrogen) atoms. The topological polar surface area (TPSA) is 32.8 Å². The minimum absolute atomic E-state index is 0.0543. The number of hydrogen-bond acceptors (Lipinski definition) is 4. The molecule has 0 aliphatic carbocycles. The third kappa shape index (κ3) is 6.38. The lowest BCUT2D eigenvalue weighted by Gasteiger charge is -2.36. The molecular weight excluding hydrogens is 533 g/mol. The highest BCUT2D eigenvalue weighted by atomic mass is 35.5. The van der Waals surface area contributed by atoms with E-state index in [2.05, 4.69) is 4.90 Å². The molecule has 1 saturated heterocycles. The summed E-state index contributed by atoms with van der Waals surface area (Å²) in [5.74, 6) is 0.0543. The van der Waals surface area contributed by atoms with Gasteiger partial charge < -0.3 is 9.64 Å². The summed E-state index contributed by atoms with van der Waals surface area (Å²) in [4.78, 5) is 18.0. The summed E-state index contributed by atoms with van der Waals surface area (Å²) >= 11 is 7.59. The molecular formula is C29H26ClF3N2O2S. The van der Waals surface area contributed by atoms with Crippen molar-refractivity contribution in [3.63, 3.8) is 0 Å². The lowest BCUT2D eigenvalue weighted by Crippen LogP contribution is -2.49. The number of ether oxygens (including phenoxy) is 1. The van der Waals surface area contributed by atoms with Crippen LogP contribution < -0.4 is 0 Å². The Bertz CT molecular complexity index is 1350. The van der Waals surface area contributed by atoms with E-state index in [4.69, 9.17) is 16.3 Å². The molecule has 9 heteroatoms. The second-order valence-electron chi connectivity index (χ2n) is 9.29. The Morgan fingerprint density at radius 1 is 0.947 bits per heavy atom. The van der Waals surface area contributed by atoms with Crippen molar-refractivity contribution in [2.45, 2.75) is 18.9 Å². The molecule has 2 heterocycles. The van der Waals surface area contributed by atoms with Gasteiger partial charge in [0, 0.05) is 42.4 Å². The zero-order chi connectivity index (χ0) is 26.7. The van der Waals surface area contributed by atoms with E-state index in [-0.39, 0.29) is 18.6 Å². The van der Waals surface area contributed by atoms with Gasteiger partial charge in [-0.15, -0.1) is 11.3 Å². The fourth-order valence-electron chi connectivity index (χ4n) is 4.53. The first-order valence-corrected chi connectivity index (χ1v) is 13.5. The van der Waals surface area contributed by atoms with Crippen molar-refractivity contribution in [1.29, 1.82) is 0 Å². The number of halogens is 4. The highest BCUT2D eigenvalue weighted by molar-refractivity contribution is 7.20. The van der Waals surface area contributed by atoms with Gasteiger partial charge in [0.1, 0.15) is 0 Å². The molecule has 0 N–H and O–H groups in total. The quantitative estimate of drug-likeness (QED) is 0.239. The lowest BCUT2D eigenvalue weighted by molar-refractivity contribution is -0.137. The number of nitrogens with zero attached hydrogens (tertiary/aromatic N) is 2. The molecule has 1 aliphatic rings. The number of alkyl halides is 3. The SMILES string of the molecule is O=C(c1cc2ccccc2s1)N1CCN(CC(OCc2ccc(C(F)(F)F)cc2)c2ccc(Cl)cc2)CC1. The molecule has 0 spiro atoms. The first-order chi connectivity index (χ1) is 18.3. The second-order valence-corrected chi connectivity index (χ2v) is 10.8. The van der Waals surface area contributed by atoms with Crippen LogP contribution in [0.4, 0.5) is 13.2 Å². The molecule has 1 unspecified atom stereocenters. The van der Waals surface area contributed by atoms with Crippen molar-refractivity contribution in [2.24, 2.45) is 0 Å². The van der Waals surface area contributed by atoms with Crippen molar-refractivity contribution in [3.05, 3.63) is 105 Å². The average molecular weight is 559 g/mol. The molecule has 4 aromatic rings. The van der Waals surface area contributed by atoms with Gasteiger partial charge in [0.2, 0.25) is 0 Å². The van der Waals surface area contributed by atoms with Crippen molar-refractivity contribution in [1.82, 2.24) is 9.80 Å². The maximum Gasteiger partial charge on any atom is 0.416 e. The fraction of sp³-hybridized carbons (Fsp3) is 0.276. The summed E-state index contributed by atoms with van der Waals surface area (Å²) in [6.07, 6.45) is -4.68. The van der Waals surface area contributed by atoms with Crippen molar-refractivity contribution in [3.8, 4) is 0 Å². The van der Waals surface area contributed by atoms with Crippen LogP contribution in [0.2, 0.25) is 5.02 Å². The summed E-state index contributed by atoms with van der Waals surface area (Å²) in [6.45, 7) is 3.39. The largest absolute Gasteiger partial charge is 0.416 e. The molecule has 5 rings (SSSR count). The molecule has 3 aromatic carbocycles. The van der Waals surface area contributed by atoms with Gasteiger partial charge in [-0.2, -0.15) is 13.2 Å². The lowest BCUT2D eigenvalue weighted by atomic mass is 10.1. The predicted octanol–water partition coefficient (Wildman–Crippen LogP) is 7.29. The van der Waals surface area contributed by atoms with Gasteiger partial charge in [-0.3, -0.25) is 9.69 Å². The van der Waals surface area contributed by atoms with Gasteiger partial charge in [-0.25, -0.2) is 0 Å². The van der Waals surface area contributed by atoms with Gasteiger partial charge in [-0.05, 0) is 52.9 Å². The van der Waals surface area contributed by atoms with Gasteiger partial charge in [0.05, 0.1) is 23.2 Å². The van der Waals surface area contributed by atoms with Gasteiger partial charge in [0.15, 0.2) is 0 Å². The number of hydrogen-bond donors (Lipinski definition) is 0. The van der Waals surface area contributed by atoms with Crippen LogP contribution in [0.15, 0.2) is 78.9 Å². The van der Waals surface area contributed by atoms with Crippen molar-refractivity contribution >= 4 is 38.9 Å². The third-order valence-electron chi connectivity index (χ3n) is 6.69. The first kappa shape index (κ1) is 26.7. The molecule has 0 saturated carbocycles. The maximum atomic E-state index is 13.1. The monoisotopic (exact) mass is 558 g/mol. The zero-order valence-electron chi connectivity index (χ0n) is 20.5. The standard InChI is InChI=1S/C29H26ClF3N2O2S/c30-24-11-7-21(8-12-24)25(37-19-20-5-9-23(10-6-20)29(31,32)33)18-34-13-15-35(16-14-34)28(36)27-17-22-3-1-2-4-26(22)38-27/h1-12,17,25H,13-16,18-19H2. The van der Waals surface area contributed by atoms with Crippen LogP contribution in [-0.2, 0) is 17.5 Å². The predicted molar refractivity (Wildman–Crippen MR) is 145 cm³/mol. The smallest absolute Gasteiger partial charge is 0.368 e. The van der Waals surface area contributed by atoms with E-state index in [0.717, 1.165) is 32.7 Å². The van der Waals surface area contributed by atoms with E-state index in [0.29, 0.717) is 43.3 Å². The Labute approximate surface area is 228 Å². The Morgan fingerprint density at radius 2 is 1.63 bits per heavy atom. The minimum Gasteiger partial charge on any atom is -0.368 e. The Morgan fingerprint density at radius 3 is 2.29 bits per heavy atom. The fourth-order valence-corrected chi connectivity index (χ4v) is 5.69. The minimum atomic E-state index is -4.37. The van der Waals surface area contributed by atoms with Crippen LogP contribution in [0.5, 0.6) is 0 Å². The molecule has 0 bridgehead atoms. The van der Waals surface area contributed by atoms with Crippen LogP contribution >= 0.6 is 22.9 Å². The van der Waals surface area contributed by atoms with E-state index in [1.165, 1.54) is 23.5 Å². The molecule has 0 radical (unpaired) electrons. The number of amides is 1. The molecule has 1 aromatic heterocycles. The summed E-state index contributed by atoms with van der Waals surface area (Å²) in [6, 6.07) is 22.4. The number of thiophene rings is 1. The van der Waals surface area contributed by atoms with Crippen molar-refractivity contribution < 1.29 is 22.7 Å². The Balaban J connectivity index is 1.21. The number of piperazine rings is 1. The first-order valence-electron chi connectivity index (χ1n) is 12.3. The van der Waals surface area contributed by atoms with Crippen LogP contribution in [-0.4, -0.2) is 48.4 Å². The number of fused-ring (bicyclic) bond motifs is 1. The summed E-state index contributed by atoms with van der Waals surface area (Å²) in [5, 5.41) is 1.69. The second kappa shape index (κ2) is 11.5. The average Bonchev–Trinajstić information content (AvgIpc) is 3.36. The van der Waals surface area contributed by atoms with Crippen LogP contribution in [0.25, 0.3) is 10.1 Å². The molecule has 1 fully saturated rings. The number of carbonyl (C=O) groups is 1. The number of benzene rings is 3. The van der Waals surface area contributed by atoms with E-state index in [1.807, 2.05) is 47.4 Å². The third-order valence-corrected chi connectivity index (χ3v) is 8.05. The number of carbonyl (C=O) groups excluding carboxylic acids is 1.